The fourth-order valence-electron chi connectivity index (χ4n) is 9.50. The lowest BCUT2D eigenvalue weighted by atomic mass is 9.98. The Morgan fingerprint density at radius 2 is 0.935 bits per heavy atom. The van der Waals surface area contributed by atoms with Crippen LogP contribution >= 0.6 is 0 Å². The van der Waals surface area contributed by atoms with E-state index in [-0.39, 0.29) is 23.9 Å². The third-order valence-electron chi connectivity index (χ3n) is 13.0. The van der Waals surface area contributed by atoms with Crippen LogP contribution in [0.3, 0.4) is 0 Å². The first kappa shape index (κ1) is 43.0. The van der Waals surface area contributed by atoms with E-state index in [9.17, 15) is 19.2 Å². The quantitative estimate of drug-likeness (QED) is 0.120. The number of nitrogens with zero attached hydrogens (tertiary/aromatic N) is 2. The van der Waals surface area contributed by atoms with Gasteiger partial charge >= 0.3 is 12.2 Å². The van der Waals surface area contributed by atoms with Gasteiger partial charge in [-0.2, -0.15) is 0 Å². The smallest absolute Gasteiger partial charge is 0.407 e. The Bertz CT molecular complexity index is 2130. The second-order valence-electron chi connectivity index (χ2n) is 16.4. The number of rotatable bonds is 13. The molecule has 0 spiro atoms. The molecule has 4 aromatic rings. The summed E-state index contributed by atoms with van der Waals surface area (Å²) in [6.07, 6.45) is 0.730. The summed E-state index contributed by atoms with van der Waals surface area (Å²) in [5.74, 6) is -0.434. The molecule has 2 saturated heterocycles. The Kier molecular flexibility index (Phi) is 12.7. The molecule has 2 fully saturated rings. The molecular weight excluding hydrogens is 797 g/mol. The maximum atomic E-state index is 13.9. The summed E-state index contributed by atoms with van der Waals surface area (Å²) in [5, 5.41) is 5.34. The molecule has 4 N–H and O–H groups in total. The monoisotopic (exact) mass is 852 g/mol. The maximum absolute atomic E-state index is 13.9. The van der Waals surface area contributed by atoms with E-state index >= 15 is 0 Å². The molecular formula is C46H56N6O10. The van der Waals surface area contributed by atoms with E-state index in [0.717, 1.165) is 93.0 Å². The molecule has 2 aromatic carbocycles. The van der Waals surface area contributed by atoms with E-state index in [2.05, 4.69) is 69.1 Å². The van der Waals surface area contributed by atoms with Crippen molar-refractivity contribution in [2.75, 3.05) is 41.5 Å². The number of H-pyrrole nitrogens is 2. The zero-order valence-electron chi connectivity index (χ0n) is 36.1. The van der Waals surface area contributed by atoms with Gasteiger partial charge in [-0.25, -0.2) is 9.59 Å². The van der Waals surface area contributed by atoms with Crippen LogP contribution in [-0.2, 0) is 64.4 Å². The van der Waals surface area contributed by atoms with Gasteiger partial charge in [-0.1, -0.05) is 48.5 Å². The summed E-state index contributed by atoms with van der Waals surface area (Å²) in [7, 11) is 5.57. The molecule has 62 heavy (non-hydrogen) atoms. The van der Waals surface area contributed by atoms with Crippen LogP contribution in [0.5, 0.6) is 0 Å². The number of benzene rings is 2. The summed E-state index contributed by atoms with van der Waals surface area (Å²) in [5.41, 5.74) is 12.4. The SMILES string of the molecule is COC(=O)N[C@H](C(=O)N1CCC[C@H]1c1[nH]c(-c2ccc(-c3ccc(-c4[nH]c([C@@H]5CCCN5C(=O)[C@@H](NC(=O)OC)[C@@H](C)OC)c5c4COC5)cc3)cc2)c2c1COC2)[C@@H](C)OC. The minimum atomic E-state index is -0.897. The van der Waals surface area contributed by atoms with Gasteiger partial charge in [0.25, 0.3) is 0 Å². The number of hydrogen-bond donors (Lipinski definition) is 4. The van der Waals surface area contributed by atoms with E-state index in [1.807, 2.05) is 9.80 Å². The fourth-order valence-corrected chi connectivity index (χ4v) is 9.50. The lowest BCUT2D eigenvalue weighted by molar-refractivity contribution is -0.138. The van der Waals surface area contributed by atoms with Crippen LogP contribution in [0.4, 0.5) is 9.59 Å². The van der Waals surface area contributed by atoms with Crippen molar-refractivity contribution in [1.82, 2.24) is 30.4 Å². The molecule has 6 atom stereocenters. The van der Waals surface area contributed by atoms with Crippen LogP contribution in [0.2, 0.25) is 0 Å². The third-order valence-corrected chi connectivity index (χ3v) is 13.0. The van der Waals surface area contributed by atoms with Crippen molar-refractivity contribution < 1.29 is 47.6 Å². The first-order valence-corrected chi connectivity index (χ1v) is 21.3. The lowest BCUT2D eigenvalue weighted by Crippen LogP contribution is -2.54. The molecule has 0 saturated carbocycles. The van der Waals surface area contributed by atoms with Crippen LogP contribution < -0.4 is 10.6 Å². The van der Waals surface area contributed by atoms with Gasteiger partial charge in [-0.3, -0.25) is 9.59 Å². The van der Waals surface area contributed by atoms with Crippen molar-refractivity contribution in [3.8, 4) is 33.6 Å². The Morgan fingerprint density at radius 1 is 0.581 bits per heavy atom. The van der Waals surface area contributed by atoms with Crippen LogP contribution in [0.1, 0.15) is 85.3 Å². The van der Waals surface area contributed by atoms with Gasteiger partial charge in [-0.05, 0) is 61.8 Å². The number of hydrogen-bond acceptors (Lipinski definition) is 10. The Balaban J connectivity index is 1.01. The molecule has 2 aromatic heterocycles. The molecule has 0 bridgehead atoms. The predicted octanol–water partition coefficient (Wildman–Crippen LogP) is 6.25. The number of nitrogens with one attached hydrogen (secondary N) is 4. The average molecular weight is 853 g/mol. The zero-order valence-corrected chi connectivity index (χ0v) is 36.1. The minimum Gasteiger partial charge on any atom is -0.453 e. The second kappa shape index (κ2) is 18.3. The molecule has 0 unspecified atom stereocenters. The van der Waals surface area contributed by atoms with E-state index in [1.54, 1.807) is 13.8 Å². The number of fused-ring (bicyclic) bond motifs is 2. The highest BCUT2D eigenvalue weighted by molar-refractivity contribution is 5.88. The number of alkyl carbamates (subject to hydrolysis) is 2. The molecule has 330 valence electrons. The number of likely N-dealkylation sites (tertiary alicyclic amines) is 2. The van der Waals surface area contributed by atoms with E-state index in [0.29, 0.717) is 39.5 Å². The predicted molar refractivity (Wildman–Crippen MR) is 227 cm³/mol. The Labute approximate surface area is 360 Å². The highest BCUT2D eigenvalue weighted by Crippen LogP contribution is 2.44. The van der Waals surface area contributed by atoms with Gasteiger partial charge in [0.1, 0.15) is 12.1 Å². The molecule has 8 rings (SSSR count). The highest BCUT2D eigenvalue weighted by Gasteiger charge is 2.42. The van der Waals surface area contributed by atoms with Gasteiger partial charge in [0.05, 0.1) is 76.3 Å². The van der Waals surface area contributed by atoms with E-state index < -0.39 is 36.5 Å². The Hall–Kier alpha value is -5.68. The van der Waals surface area contributed by atoms with Crippen LogP contribution in [0.25, 0.3) is 33.6 Å². The summed E-state index contributed by atoms with van der Waals surface area (Å²) in [6, 6.07) is 14.7. The van der Waals surface area contributed by atoms with E-state index in [4.69, 9.17) is 28.4 Å². The van der Waals surface area contributed by atoms with Crippen LogP contribution in [0.15, 0.2) is 48.5 Å². The average Bonchev–Trinajstić information content (AvgIpc) is 4.16. The number of methoxy groups -OCH3 is 4. The van der Waals surface area contributed by atoms with Crippen molar-refractivity contribution in [2.45, 2.75) is 102 Å². The fraction of sp³-hybridized carbons (Fsp3) is 0.478. The van der Waals surface area contributed by atoms with Gasteiger partial charge in [0, 0.05) is 61.0 Å². The number of aromatic amines is 2. The van der Waals surface area contributed by atoms with E-state index in [1.165, 1.54) is 28.4 Å². The molecule has 4 aliphatic rings. The topological polar surface area (TPSA) is 186 Å². The molecule has 16 nitrogen and oxygen atoms in total. The van der Waals surface area contributed by atoms with Crippen molar-refractivity contribution in [3.05, 3.63) is 82.2 Å². The van der Waals surface area contributed by atoms with Crippen molar-refractivity contribution >= 4 is 24.0 Å². The molecule has 6 heterocycles. The molecule has 4 amide bonds. The molecule has 0 radical (unpaired) electrons. The second-order valence-corrected chi connectivity index (χ2v) is 16.4. The van der Waals surface area contributed by atoms with Crippen molar-refractivity contribution in [1.29, 1.82) is 0 Å². The number of ether oxygens (including phenoxy) is 6. The highest BCUT2D eigenvalue weighted by atomic mass is 16.5. The summed E-state index contributed by atoms with van der Waals surface area (Å²) in [6.45, 7) is 6.50. The number of amides is 4. The lowest BCUT2D eigenvalue weighted by Gasteiger charge is -2.31. The minimum absolute atomic E-state index is 0.203. The molecule has 16 heteroatoms. The van der Waals surface area contributed by atoms with Gasteiger partial charge in [0.15, 0.2) is 0 Å². The number of carbonyl (C=O) groups is 4. The zero-order chi connectivity index (χ0) is 43.7. The molecule has 0 aliphatic carbocycles. The van der Waals surface area contributed by atoms with Gasteiger partial charge in [-0.15, -0.1) is 0 Å². The first-order valence-electron chi connectivity index (χ1n) is 21.3. The number of carbonyl (C=O) groups excluding carboxylic acids is 4. The van der Waals surface area contributed by atoms with Crippen molar-refractivity contribution in [3.63, 3.8) is 0 Å². The van der Waals surface area contributed by atoms with Gasteiger partial charge < -0.3 is 58.8 Å². The summed E-state index contributed by atoms with van der Waals surface area (Å²) >= 11 is 0. The Morgan fingerprint density at radius 3 is 1.29 bits per heavy atom. The standard InChI is InChI=1S/C46H56N6O10/c1-25(57-3)37(49-45(55)59-5)43(53)51-19-7-9-35(51)41-33-23-61-21-31(33)39(47-41)29-15-11-27(12-16-29)28-13-17-30(18-14-28)40-32-22-62-24-34(32)42(48-40)36-10-8-20-52(36)44(54)38(26(2)58-4)50-46(56)60-6/h11-18,25-26,35-38,47-48H,7-10,19-24H2,1-6H3,(H,49,55)(H,50,56)/t25-,26-,35+,36+,37+,38+/m1/s1. The molecule has 4 aliphatic heterocycles. The van der Waals surface area contributed by atoms with Crippen LogP contribution in [0, 0.1) is 0 Å². The van der Waals surface area contributed by atoms with Crippen molar-refractivity contribution in [2.24, 2.45) is 0 Å². The van der Waals surface area contributed by atoms with Gasteiger partial charge in [0.2, 0.25) is 11.8 Å². The largest absolute Gasteiger partial charge is 0.453 e. The first-order chi connectivity index (χ1) is 30.1. The summed E-state index contributed by atoms with van der Waals surface area (Å²) in [4.78, 5) is 63.3. The third kappa shape index (κ3) is 8.07. The number of aromatic nitrogens is 2. The normalized spacial score (nSPS) is 20.0. The maximum Gasteiger partial charge on any atom is 0.407 e. The van der Waals surface area contributed by atoms with Crippen LogP contribution in [-0.4, -0.2) is 110 Å². The summed E-state index contributed by atoms with van der Waals surface area (Å²) < 4.78 is 32.5.